The molecule has 146 valence electrons. The van der Waals surface area contributed by atoms with Gasteiger partial charge in [-0.2, -0.15) is 0 Å². The molecule has 1 atom stereocenters. The van der Waals surface area contributed by atoms with E-state index >= 15 is 0 Å². The summed E-state index contributed by atoms with van der Waals surface area (Å²) in [4.78, 5) is 23.5. The third kappa shape index (κ3) is 3.62. The molecule has 0 aliphatic carbocycles. The molecule has 7 nitrogen and oxygen atoms in total. The highest BCUT2D eigenvalue weighted by atomic mass is 16.5. The monoisotopic (exact) mass is 387 g/mol. The Morgan fingerprint density at radius 1 is 1.14 bits per heavy atom. The Morgan fingerprint density at radius 3 is 2.66 bits per heavy atom. The van der Waals surface area contributed by atoms with Crippen LogP contribution in [0, 0.1) is 0 Å². The number of aromatic amines is 1. The highest BCUT2D eigenvalue weighted by Crippen LogP contribution is 2.34. The molecular formula is C22H21N5O2. The lowest BCUT2D eigenvalue weighted by Crippen LogP contribution is -2.10. The maximum atomic E-state index is 11.5. The van der Waals surface area contributed by atoms with Gasteiger partial charge in [0.25, 0.3) is 0 Å². The first kappa shape index (κ1) is 18.5. The number of benzene rings is 2. The van der Waals surface area contributed by atoms with E-state index in [0.717, 1.165) is 22.5 Å². The highest BCUT2D eigenvalue weighted by molar-refractivity contribution is 5.95. The summed E-state index contributed by atoms with van der Waals surface area (Å²) in [5.41, 5.74) is 9.25. The zero-order valence-corrected chi connectivity index (χ0v) is 16.1. The third-order valence-corrected chi connectivity index (χ3v) is 4.85. The summed E-state index contributed by atoms with van der Waals surface area (Å²) in [6, 6.07) is 17.3. The Kier molecular flexibility index (Phi) is 4.87. The summed E-state index contributed by atoms with van der Waals surface area (Å²) in [6.45, 7) is 2.09. The number of fused-ring (bicyclic) bond motifs is 1. The highest BCUT2D eigenvalue weighted by Gasteiger charge is 2.15. The van der Waals surface area contributed by atoms with Crippen LogP contribution in [-0.4, -0.2) is 28.0 Å². The molecule has 2 aromatic carbocycles. The molecule has 4 aromatic rings. The fourth-order valence-corrected chi connectivity index (χ4v) is 3.30. The van der Waals surface area contributed by atoms with Gasteiger partial charge in [-0.1, -0.05) is 30.3 Å². The lowest BCUT2D eigenvalue weighted by molar-refractivity contribution is 0.1000. The fourth-order valence-electron chi connectivity index (χ4n) is 3.30. The van der Waals surface area contributed by atoms with E-state index < -0.39 is 5.91 Å². The Bertz CT molecular complexity index is 1170. The van der Waals surface area contributed by atoms with Gasteiger partial charge in [-0.05, 0) is 36.8 Å². The van der Waals surface area contributed by atoms with Crippen LogP contribution in [0.2, 0.25) is 0 Å². The molecule has 0 saturated heterocycles. The molecule has 2 heterocycles. The van der Waals surface area contributed by atoms with Crippen LogP contribution in [0.4, 0.5) is 5.82 Å². The zero-order chi connectivity index (χ0) is 20.4. The normalized spacial score (nSPS) is 11.9. The minimum Gasteiger partial charge on any atom is -0.496 e. The van der Waals surface area contributed by atoms with E-state index in [2.05, 4.69) is 39.3 Å². The third-order valence-electron chi connectivity index (χ3n) is 4.85. The molecule has 0 aliphatic rings. The van der Waals surface area contributed by atoms with Gasteiger partial charge < -0.3 is 20.8 Å². The first-order chi connectivity index (χ1) is 14.1. The minimum atomic E-state index is -0.501. The standard InChI is InChI=1S/C22H21N5O2/c1-13(14-6-4-3-5-7-14)26-21-17-11-18(27-22(17)25-12-24-21)16-9-8-15(20(23)28)10-19(16)29-2/h3-13H,1-2H3,(H2,23,28)(H2,24,25,26,27). The van der Waals surface area contributed by atoms with Crippen molar-refractivity contribution in [3.05, 3.63) is 72.1 Å². The van der Waals surface area contributed by atoms with E-state index in [1.807, 2.05) is 24.3 Å². The molecule has 0 radical (unpaired) electrons. The SMILES string of the molecule is COc1cc(C(N)=O)ccc1-c1cc2c(NC(C)c3ccccc3)ncnc2[nH]1. The van der Waals surface area contributed by atoms with E-state index in [0.29, 0.717) is 17.0 Å². The van der Waals surface area contributed by atoms with Crippen molar-refractivity contribution in [3.8, 4) is 17.0 Å². The van der Waals surface area contributed by atoms with Crippen LogP contribution in [-0.2, 0) is 0 Å². The Hall–Kier alpha value is -3.87. The maximum absolute atomic E-state index is 11.5. The Labute approximate surface area is 168 Å². The number of carbonyl (C=O) groups is 1. The molecule has 0 bridgehead atoms. The van der Waals surface area contributed by atoms with E-state index in [4.69, 9.17) is 10.5 Å². The van der Waals surface area contributed by atoms with Gasteiger partial charge in [-0.3, -0.25) is 4.79 Å². The second-order valence-corrected chi connectivity index (χ2v) is 6.72. The summed E-state index contributed by atoms with van der Waals surface area (Å²) >= 11 is 0. The van der Waals surface area contributed by atoms with Gasteiger partial charge in [0.1, 0.15) is 23.5 Å². The molecule has 1 amide bonds. The molecule has 2 aromatic heterocycles. The van der Waals surface area contributed by atoms with Crippen molar-refractivity contribution < 1.29 is 9.53 Å². The summed E-state index contributed by atoms with van der Waals surface area (Å²) in [6.07, 6.45) is 1.52. The second-order valence-electron chi connectivity index (χ2n) is 6.72. The second kappa shape index (κ2) is 7.63. The van der Waals surface area contributed by atoms with Crippen molar-refractivity contribution in [2.75, 3.05) is 12.4 Å². The molecule has 0 saturated carbocycles. The number of nitrogens with two attached hydrogens (primary N) is 1. The van der Waals surface area contributed by atoms with E-state index in [1.165, 1.54) is 11.9 Å². The first-order valence-electron chi connectivity index (χ1n) is 9.20. The lowest BCUT2D eigenvalue weighted by atomic mass is 10.1. The number of anilines is 1. The predicted molar refractivity (Wildman–Crippen MR) is 113 cm³/mol. The smallest absolute Gasteiger partial charge is 0.248 e. The van der Waals surface area contributed by atoms with E-state index in [1.54, 1.807) is 25.3 Å². The number of hydrogen-bond donors (Lipinski definition) is 3. The number of aromatic nitrogens is 3. The minimum absolute atomic E-state index is 0.0806. The quantitative estimate of drug-likeness (QED) is 0.465. The average molecular weight is 387 g/mol. The lowest BCUT2D eigenvalue weighted by Gasteiger charge is -2.15. The van der Waals surface area contributed by atoms with Gasteiger partial charge in [-0.15, -0.1) is 0 Å². The molecular weight excluding hydrogens is 366 g/mol. The van der Waals surface area contributed by atoms with E-state index in [-0.39, 0.29) is 6.04 Å². The van der Waals surface area contributed by atoms with Crippen molar-refractivity contribution in [1.82, 2.24) is 15.0 Å². The van der Waals surface area contributed by atoms with Crippen LogP contribution in [0.3, 0.4) is 0 Å². The topological polar surface area (TPSA) is 106 Å². The van der Waals surface area contributed by atoms with Crippen LogP contribution in [0.25, 0.3) is 22.3 Å². The largest absolute Gasteiger partial charge is 0.496 e. The van der Waals surface area contributed by atoms with Crippen molar-refractivity contribution in [2.24, 2.45) is 5.73 Å². The summed E-state index contributed by atoms with van der Waals surface area (Å²) in [5.74, 6) is 0.785. The summed E-state index contributed by atoms with van der Waals surface area (Å²) in [5, 5.41) is 4.32. The Morgan fingerprint density at radius 2 is 1.93 bits per heavy atom. The molecule has 7 heteroatoms. The van der Waals surface area contributed by atoms with Crippen LogP contribution in [0.15, 0.2) is 60.9 Å². The molecule has 4 rings (SSSR count). The van der Waals surface area contributed by atoms with Gasteiger partial charge >= 0.3 is 0 Å². The van der Waals surface area contributed by atoms with E-state index in [9.17, 15) is 4.79 Å². The Balaban J connectivity index is 1.72. The summed E-state index contributed by atoms with van der Waals surface area (Å²) in [7, 11) is 1.56. The molecule has 29 heavy (non-hydrogen) atoms. The van der Waals surface area contributed by atoms with Gasteiger partial charge in [0.2, 0.25) is 5.91 Å². The van der Waals surface area contributed by atoms with Gasteiger partial charge in [0.15, 0.2) is 0 Å². The number of amides is 1. The number of ether oxygens (including phenoxy) is 1. The number of methoxy groups -OCH3 is 1. The fraction of sp³-hybridized carbons (Fsp3) is 0.136. The summed E-state index contributed by atoms with van der Waals surface area (Å²) < 4.78 is 5.46. The van der Waals surface area contributed by atoms with Crippen LogP contribution in [0.1, 0.15) is 28.9 Å². The zero-order valence-electron chi connectivity index (χ0n) is 16.1. The first-order valence-corrected chi connectivity index (χ1v) is 9.20. The van der Waals surface area contributed by atoms with Crippen molar-refractivity contribution in [2.45, 2.75) is 13.0 Å². The maximum Gasteiger partial charge on any atom is 0.248 e. The number of H-pyrrole nitrogens is 1. The number of carbonyl (C=O) groups excluding carboxylic acids is 1. The average Bonchev–Trinajstić information content (AvgIpc) is 3.19. The molecule has 0 aliphatic heterocycles. The number of nitrogens with one attached hydrogen (secondary N) is 2. The van der Waals surface area contributed by atoms with Crippen LogP contribution >= 0.6 is 0 Å². The molecule has 0 fully saturated rings. The van der Waals surface area contributed by atoms with Crippen molar-refractivity contribution in [3.63, 3.8) is 0 Å². The van der Waals surface area contributed by atoms with Gasteiger partial charge in [0, 0.05) is 17.2 Å². The molecule has 1 unspecified atom stereocenters. The van der Waals surface area contributed by atoms with Crippen LogP contribution in [0.5, 0.6) is 5.75 Å². The van der Waals surface area contributed by atoms with Crippen LogP contribution < -0.4 is 15.8 Å². The van der Waals surface area contributed by atoms with Gasteiger partial charge in [-0.25, -0.2) is 9.97 Å². The predicted octanol–water partition coefficient (Wildman–Crippen LogP) is 3.91. The number of hydrogen-bond acceptors (Lipinski definition) is 5. The molecule has 0 spiro atoms. The number of rotatable bonds is 6. The molecule has 4 N–H and O–H groups in total. The number of primary amides is 1. The van der Waals surface area contributed by atoms with Gasteiger partial charge in [0.05, 0.1) is 18.2 Å². The van der Waals surface area contributed by atoms with Crippen molar-refractivity contribution in [1.29, 1.82) is 0 Å². The van der Waals surface area contributed by atoms with Crippen molar-refractivity contribution >= 4 is 22.8 Å². The number of nitrogens with zero attached hydrogens (tertiary/aromatic N) is 2.